The lowest BCUT2D eigenvalue weighted by Gasteiger charge is -2.00. The molecule has 0 fully saturated rings. The van der Waals surface area contributed by atoms with Gasteiger partial charge in [-0.15, -0.1) is 0 Å². The third-order valence-electron chi connectivity index (χ3n) is 3.01. The summed E-state index contributed by atoms with van der Waals surface area (Å²) in [5.41, 5.74) is 3.32. The number of amidine groups is 1. The zero-order valence-corrected chi connectivity index (χ0v) is 11.0. The van der Waals surface area contributed by atoms with Gasteiger partial charge in [0.2, 0.25) is 0 Å². The van der Waals surface area contributed by atoms with E-state index in [1.54, 1.807) is 18.5 Å². The van der Waals surface area contributed by atoms with Crippen LogP contribution in [0.2, 0.25) is 0 Å². The van der Waals surface area contributed by atoms with Crippen molar-refractivity contribution >= 4 is 17.8 Å². The van der Waals surface area contributed by atoms with Gasteiger partial charge in [-0.3, -0.25) is 9.78 Å². The van der Waals surface area contributed by atoms with E-state index in [4.69, 9.17) is 0 Å². The van der Waals surface area contributed by atoms with Gasteiger partial charge in [0.15, 0.2) is 0 Å². The van der Waals surface area contributed by atoms with Crippen molar-refractivity contribution in [3.05, 3.63) is 71.2 Å². The minimum Gasteiger partial charge on any atom is -0.305 e. The molecule has 1 aliphatic rings. The molecule has 0 aliphatic carbocycles. The van der Waals surface area contributed by atoms with Gasteiger partial charge in [-0.25, -0.2) is 4.99 Å². The van der Waals surface area contributed by atoms with Crippen LogP contribution in [-0.2, 0) is 4.79 Å². The smallest absolute Gasteiger partial charge is 0.275 e. The van der Waals surface area contributed by atoms with E-state index in [0.29, 0.717) is 11.5 Å². The van der Waals surface area contributed by atoms with Gasteiger partial charge in [-0.1, -0.05) is 35.9 Å². The van der Waals surface area contributed by atoms with Crippen molar-refractivity contribution in [3.63, 3.8) is 0 Å². The van der Waals surface area contributed by atoms with Crippen LogP contribution in [0.3, 0.4) is 0 Å². The van der Waals surface area contributed by atoms with Crippen LogP contribution in [0.1, 0.15) is 16.7 Å². The number of aliphatic imine (C=N–C) groups is 1. The molecular formula is C16H13N3O. The number of hydrogen-bond donors (Lipinski definition) is 1. The molecule has 2 heterocycles. The molecule has 0 saturated heterocycles. The number of amides is 1. The number of pyridine rings is 1. The lowest BCUT2D eigenvalue weighted by Crippen LogP contribution is -2.24. The van der Waals surface area contributed by atoms with Crippen LogP contribution in [0.15, 0.2) is 59.5 Å². The summed E-state index contributed by atoms with van der Waals surface area (Å²) in [6.07, 6.45) is 5.11. The fraction of sp³-hybridized carbons (Fsp3) is 0.0625. The van der Waals surface area contributed by atoms with Gasteiger partial charge in [0, 0.05) is 18.0 Å². The number of benzene rings is 1. The quantitative estimate of drug-likeness (QED) is 0.845. The molecule has 0 spiro atoms. The molecule has 20 heavy (non-hydrogen) atoms. The van der Waals surface area contributed by atoms with E-state index in [2.05, 4.69) is 15.3 Å². The van der Waals surface area contributed by atoms with E-state index in [1.165, 1.54) is 5.56 Å². The van der Waals surface area contributed by atoms with Crippen LogP contribution in [0.5, 0.6) is 0 Å². The molecule has 2 aromatic rings. The molecule has 0 unspecified atom stereocenters. The summed E-state index contributed by atoms with van der Waals surface area (Å²) in [6, 6.07) is 11.6. The monoisotopic (exact) mass is 263 g/mol. The van der Waals surface area contributed by atoms with E-state index in [0.717, 1.165) is 11.1 Å². The summed E-state index contributed by atoms with van der Waals surface area (Å²) >= 11 is 0. The second-order valence-corrected chi connectivity index (χ2v) is 4.60. The molecule has 4 nitrogen and oxygen atoms in total. The molecule has 98 valence electrons. The molecular weight excluding hydrogens is 250 g/mol. The molecule has 3 rings (SSSR count). The minimum atomic E-state index is -0.190. The number of nitrogens with zero attached hydrogens (tertiary/aromatic N) is 2. The second-order valence-electron chi connectivity index (χ2n) is 4.60. The first-order valence-electron chi connectivity index (χ1n) is 6.31. The number of carbonyl (C=O) groups excluding carboxylic acids is 1. The number of aromatic nitrogens is 1. The van der Waals surface area contributed by atoms with Crippen molar-refractivity contribution in [2.45, 2.75) is 6.92 Å². The van der Waals surface area contributed by atoms with E-state index in [-0.39, 0.29) is 5.91 Å². The minimum absolute atomic E-state index is 0.190. The highest BCUT2D eigenvalue weighted by Gasteiger charge is 2.20. The maximum Gasteiger partial charge on any atom is 0.275 e. The van der Waals surface area contributed by atoms with Crippen LogP contribution in [0.4, 0.5) is 0 Å². The first kappa shape index (κ1) is 12.3. The van der Waals surface area contributed by atoms with Crippen molar-refractivity contribution in [3.8, 4) is 0 Å². The predicted octanol–water partition coefficient (Wildman–Crippen LogP) is 2.31. The molecule has 1 aliphatic heterocycles. The van der Waals surface area contributed by atoms with Crippen molar-refractivity contribution in [1.29, 1.82) is 0 Å². The summed E-state index contributed by atoms with van der Waals surface area (Å²) in [5, 5.41) is 2.78. The van der Waals surface area contributed by atoms with Gasteiger partial charge in [-0.05, 0) is 24.6 Å². The van der Waals surface area contributed by atoms with E-state index >= 15 is 0 Å². The third-order valence-corrected chi connectivity index (χ3v) is 3.01. The Bertz CT molecular complexity index is 700. The Morgan fingerprint density at radius 1 is 1.15 bits per heavy atom. The first-order valence-corrected chi connectivity index (χ1v) is 6.31. The summed E-state index contributed by atoms with van der Waals surface area (Å²) in [5.74, 6) is 0.398. The topological polar surface area (TPSA) is 54.4 Å². The number of rotatable bonds is 2. The van der Waals surface area contributed by atoms with Crippen LogP contribution in [0.25, 0.3) is 6.08 Å². The summed E-state index contributed by atoms with van der Waals surface area (Å²) in [6.45, 7) is 2.02. The number of hydrogen-bond acceptors (Lipinski definition) is 3. The first-order chi connectivity index (χ1) is 9.72. The lowest BCUT2D eigenvalue weighted by atomic mass is 10.1. The standard InChI is InChI=1S/C16H13N3O/c1-11-4-6-13(7-5-11)15-18-14(16(20)19-15)9-12-3-2-8-17-10-12/h2-10H,1H3,(H,18,19,20)/b14-9+. The van der Waals surface area contributed by atoms with E-state index < -0.39 is 0 Å². The van der Waals surface area contributed by atoms with Gasteiger partial charge < -0.3 is 5.32 Å². The maximum atomic E-state index is 11.9. The third kappa shape index (κ3) is 2.49. The fourth-order valence-corrected chi connectivity index (χ4v) is 1.94. The van der Waals surface area contributed by atoms with Crippen molar-refractivity contribution < 1.29 is 4.79 Å². The summed E-state index contributed by atoms with van der Waals surface area (Å²) < 4.78 is 0. The second kappa shape index (κ2) is 5.09. The molecule has 1 N–H and O–H groups in total. The summed E-state index contributed by atoms with van der Waals surface area (Å²) in [4.78, 5) is 20.3. The average Bonchev–Trinajstić information content (AvgIpc) is 2.82. The zero-order chi connectivity index (χ0) is 13.9. The Balaban J connectivity index is 1.93. The highest BCUT2D eigenvalue weighted by Crippen LogP contribution is 2.14. The van der Waals surface area contributed by atoms with E-state index in [9.17, 15) is 4.79 Å². The number of nitrogens with one attached hydrogen (secondary N) is 1. The molecule has 0 bridgehead atoms. The maximum absolute atomic E-state index is 11.9. The van der Waals surface area contributed by atoms with Gasteiger partial charge in [-0.2, -0.15) is 0 Å². The molecule has 1 amide bonds. The molecule has 4 heteroatoms. The van der Waals surface area contributed by atoms with Crippen molar-refractivity contribution in [2.75, 3.05) is 0 Å². The fourth-order valence-electron chi connectivity index (χ4n) is 1.94. The normalized spacial score (nSPS) is 16.1. The van der Waals surface area contributed by atoms with Crippen LogP contribution in [0, 0.1) is 6.92 Å². The van der Waals surface area contributed by atoms with Gasteiger partial charge >= 0.3 is 0 Å². The molecule has 0 atom stereocenters. The van der Waals surface area contributed by atoms with Gasteiger partial charge in [0.05, 0.1) is 0 Å². The highest BCUT2D eigenvalue weighted by atomic mass is 16.2. The zero-order valence-electron chi connectivity index (χ0n) is 11.0. The largest absolute Gasteiger partial charge is 0.305 e. The molecule has 0 saturated carbocycles. The Morgan fingerprint density at radius 2 is 1.95 bits per heavy atom. The van der Waals surface area contributed by atoms with Crippen LogP contribution >= 0.6 is 0 Å². The number of carbonyl (C=O) groups is 1. The van der Waals surface area contributed by atoms with Gasteiger partial charge in [0.25, 0.3) is 5.91 Å². The number of aryl methyl sites for hydroxylation is 1. The van der Waals surface area contributed by atoms with Crippen molar-refractivity contribution in [2.24, 2.45) is 4.99 Å². The molecule has 0 radical (unpaired) electrons. The Kier molecular flexibility index (Phi) is 3.13. The Morgan fingerprint density at radius 3 is 2.65 bits per heavy atom. The Labute approximate surface area is 116 Å². The van der Waals surface area contributed by atoms with Crippen molar-refractivity contribution in [1.82, 2.24) is 10.3 Å². The van der Waals surface area contributed by atoms with E-state index in [1.807, 2.05) is 43.3 Å². The van der Waals surface area contributed by atoms with Gasteiger partial charge in [0.1, 0.15) is 11.5 Å². The lowest BCUT2D eigenvalue weighted by molar-refractivity contribution is -0.115. The molecule has 1 aromatic heterocycles. The predicted molar refractivity (Wildman–Crippen MR) is 78.1 cm³/mol. The highest BCUT2D eigenvalue weighted by molar-refractivity contribution is 6.19. The average molecular weight is 263 g/mol. The molecule has 1 aromatic carbocycles. The van der Waals surface area contributed by atoms with Crippen LogP contribution < -0.4 is 5.32 Å². The van der Waals surface area contributed by atoms with Crippen LogP contribution in [-0.4, -0.2) is 16.7 Å². The SMILES string of the molecule is Cc1ccc(C2=N/C(=C/c3cccnc3)C(=O)N2)cc1. The summed E-state index contributed by atoms with van der Waals surface area (Å²) in [7, 11) is 0. The Hall–Kier alpha value is -2.75.